The molecular weight excluding hydrogens is 365 g/mol. The van der Waals surface area contributed by atoms with Gasteiger partial charge in [-0.15, -0.1) is 0 Å². The van der Waals surface area contributed by atoms with E-state index in [1.807, 2.05) is 0 Å². The molecule has 6 nitrogen and oxygen atoms in total. The molecule has 0 spiro atoms. The maximum Gasteiger partial charge on any atom is 0.417 e. The van der Waals surface area contributed by atoms with Gasteiger partial charge in [0.2, 0.25) is 0 Å². The van der Waals surface area contributed by atoms with Gasteiger partial charge in [0.25, 0.3) is 5.91 Å². The number of hydrogen-bond donors (Lipinski definition) is 1. The number of nitrogens with one attached hydrogen (secondary N) is 1. The highest BCUT2D eigenvalue weighted by atomic mass is 35.5. The van der Waals surface area contributed by atoms with E-state index in [0.717, 1.165) is 29.2 Å². The highest BCUT2D eigenvalue weighted by Gasteiger charge is 2.33. The summed E-state index contributed by atoms with van der Waals surface area (Å²) in [7, 11) is 0. The van der Waals surface area contributed by atoms with Crippen LogP contribution < -0.4 is 5.32 Å². The summed E-state index contributed by atoms with van der Waals surface area (Å²) in [5.41, 5.74) is -0.946. The predicted molar refractivity (Wildman–Crippen MR) is 81.6 cm³/mol. The molecule has 1 aromatic carbocycles. The molecule has 1 saturated heterocycles. The lowest BCUT2D eigenvalue weighted by Gasteiger charge is -2.11. The fourth-order valence-corrected chi connectivity index (χ4v) is 2.22. The normalized spacial score (nSPS) is 14.7. The first kappa shape index (κ1) is 18.8. The molecule has 0 aromatic heterocycles. The molecule has 1 aliphatic rings. The largest absolute Gasteiger partial charge is 0.452 e. The predicted octanol–water partition coefficient (Wildman–Crippen LogP) is 2.47. The van der Waals surface area contributed by atoms with Crippen LogP contribution in [0.15, 0.2) is 24.3 Å². The lowest BCUT2D eigenvalue weighted by Crippen LogP contribution is -2.37. The molecule has 1 aliphatic heterocycles. The third-order valence-electron chi connectivity index (χ3n) is 3.20. The first-order chi connectivity index (χ1) is 11.7. The van der Waals surface area contributed by atoms with Gasteiger partial charge in [-0.1, -0.05) is 17.7 Å². The van der Waals surface area contributed by atoms with Crippen LogP contribution in [0, 0.1) is 0 Å². The van der Waals surface area contributed by atoms with Crippen molar-refractivity contribution in [3.8, 4) is 0 Å². The molecule has 0 radical (unpaired) electrons. The summed E-state index contributed by atoms with van der Waals surface area (Å²) in [6.07, 6.45) is -2.65. The Kier molecular flexibility index (Phi) is 5.68. The van der Waals surface area contributed by atoms with Crippen molar-refractivity contribution in [1.29, 1.82) is 0 Å². The zero-order chi connectivity index (χ0) is 18.6. The fourth-order valence-electron chi connectivity index (χ4n) is 2.00. The van der Waals surface area contributed by atoms with Crippen LogP contribution in [0.2, 0.25) is 5.02 Å². The van der Waals surface area contributed by atoms with E-state index < -0.39 is 41.3 Å². The molecule has 0 unspecified atom stereocenters. The van der Waals surface area contributed by atoms with Gasteiger partial charge in [-0.25, -0.2) is 9.59 Å². The highest BCUT2D eigenvalue weighted by molar-refractivity contribution is 6.31. The quantitative estimate of drug-likeness (QED) is 0.647. The van der Waals surface area contributed by atoms with Gasteiger partial charge in [0.15, 0.2) is 6.61 Å². The van der Waals surface area contributed by atoms with E-state index in [-0.39, 0.29) is 12.1 Å². The van der Waals surface area contributed by atoms with E-state index in [1.54, 1.807) is 0 Å². The van der Waals surface area contributed by atoms with E-state index in [4.69, 9.17) is 11.6 Å². The molecule has 134 valence electrons. The molecule has 1 fully saturated rings. The number of halogens is 4. The summed E-state index contributed by atoms with van der Waals surface area (Å²) in [6, 6.07) is 2.56. The van der Waals surface area contributed by atoms with Crippen LogP contribution in [-0.4, -0.2) is 42.5 Å². The Labute approximate surface area is 145 Å². The zero-order valence-electron chi connectivity index (χ0n) is 12.6. The van der Waals surface area contributed by atoms with Crippen molar-refractivity contribution in [2.45, 2.75) is 6.18 Å². The number of amides is 3. The van der Waals surface area contributed by atoms with Gasteiger partial charge in [0.1, 0.15) is 0 Å². The second-order valence-electron chi connectivity index (χ2n) is 4.96. The number of nitrogens with zero attached hydrogens (tertiary/aromatic N) is 1. The van der Waals surface area contributed by atoms with Crippen LogP contribution in [0.1, 0.15) is 11.1 Å². The van der Waals surface area contributed by atoms with E-state index >= 15 is 0 Å². The monoisotopic (exact) mass is 376 g/mol. The van der Waals surface area contributed by atoms with E-state index in [0.29, 0.717) is 6.54 Å². The molecular formula is C15H12ClF3N2O4. The summed E-state index contributed by atoms with van der Waals surface area (Å²) < 4.78 is 42.9. The van der Waals surface area contributed by atoms with Crippen molar-refractivity contribution in [2.24, 2.45) is 0 Å². The Morgan fingerprint density at radius 3 is 2.68 bits per heavy atom. The summed E-state index contributed by atoms with van der Waals surface area (Å²) in [5.74, 6) is -1.63. The minimum atomic E-state index is -4.62. The van der Waals surface area contributed by atoms with Gasteiger partial charge in [0, 0.05) is 19.2 Å². The molecule has 0 atom stereocenters. The molecule has 0 aliphatic carbocycles. The number of rotatable bonds is 4. The number of urea groups is 1. The van der Waals surface area contributed by atoms with E-state index in [2.05, 4.69) is 10.1 Å². The number of benzene rings is 1. The molecule has 1 N–H and O–H groups in total. The smallest absolute Gasteiger partial charge is 0.417 e. The number of imide groups is 1. The average molecular weight is 377 g/mol. The van der Waals surface area contributed by atoms with Crippen molar-refractivity contribution in [3.05, 3.63) is 40.4 Å². The minimum Gasteiger partial charge on any atom is -0.452 e. The Hall–Kier alpha value is -2.55. The summed E-state index contributed by atoms with van der Waals surface area (Å²) >= 11 is 5.49. The maximum atomic E-state index is 12.7. The van der Waals surface area contributed by atoms with Crippen molar-refractivity contribution < 1.29 is 32.3 Å². The molecule has 0 saturated carbocycles. The number of carbonyl (C=O) groups is 3. The van der Waals surface area contributed by atoms with Crippen LogP contribution in [-0.2, 0) is 20.5 Å². The molecule has 10 heteroatoms. The van der Waals surface area contributed by atoms with Crippen LogP contribution >= 0.6 is 11.6 Å². The number of alkyl halides is 3. The van der Waals surface area contributed by atoms with Gasteiger partial charge in [0.05, 0.1) is 10.6 Å². The van der Waals surface area contributed by atoms with Gasteiger partial charge in [-0.05, 0) is 23.8 Å². The zero-order valence-corrected chi connectivity index (χ0v) is 13.4. The second-order valence-corrected chi connectivity index (χ2v) is 5.36. The molecule has 2 rings (SSSR count). The van der Waals surface area contributed by atoms with Crippen LogP contribution in [0.3, 0.4) is 0 Å². The summed E-state index contributed by atoms with van der Waals surface area (Å²) in [5, 5.41) is 1.96. The van der Waals surface area contributed by atoms with Crippen LogP contribution in [0.4, 0.5) is 18.0 Å². The maximum absolute atomic E-state index is 12.7. The third-order valence-corrected chi connectivity index (χ3v) is 3.53. The third kappa shape index (κ3) is 4.96. The van der Waals surface area contributed by atoms with Crippen molar-refractivity contribution in [1.82, 2.24) is 10.2 Å². The van der Waals surface area contributed by atoms with Gasteiger partial charge < -0.3 is 10.1 Å². The number of carbonyl (C=O) groups excluding carboxylic acids is 3. The van der Waals surface area contributed by atoms with Crippen molar-refractivity contribution in [3.63, 3.8) is 0 Å². The lowest BCUT2D eigenvalue weighted by atomic mass is 10.1. The Morgan fingerprint density at radius 1 is 1.36 bits per heavy atom. The SMILES string of the molecule is O=C(/C=C/c1ccc(Cl)c(C(F)(F)F)c1)OCC(=O)N1CCNC1=O. The standard InChI is InChI=1S/C15H12ClF3N2O4/c16-11-3-1-9(7-10(11)15(17,18)19)2-4-13(23)25-8-12(22)21-6-5-20-14(21)24/h1-4,7H,5-6,8H2,(H,20,24)/b4-2+. The highest BCUT2D eigenvalue weighted by Crippen LogP contribution is 2.35. The van der Waals surface area contributed by atoms with Crippen molar-refractivity contribution in [2.75, 3.05) is 19.7 Å². The molecule has 25 heavy (non-hydrogen) atoms. The van der Waals surface area contributed by atoms with Crippen LogP contribution in [0.5, 0.6) is 0 Å². The lowest BCUT2D eigenvalue weighted by molar-refractivity contribution is -0.146. The van der Waals surface area contributed by atoms with Gasteiger partial charge in [-0.3, -0.25) is 9.69 Å². The number of ether oxygens (including phenoxy) is 1. The van der Waals surface area contributed by atoms with E-state index in [1.165, 1.54) is 6.07 Å². The Bertz CT molecular complexity index is 734. The van der Waals surface area contributed by atoms with Crippen LogP contribution in [0.25, 0.3) is 6.08 Å². The average Bonchev–Trinajstić information content (AvgIpc) is 2.96. The second kappa shape index (κ2) is 7.56. The topological polar surface area (TPSA) is 75.7 Å². The molecule has 1 aromatic rings. The number of esters is 1. The molecule has 0 bridgehead atoms. The Morgan fingerprint density at radius 2 is 2.08 bits per heavy atom. The summed E-state index contributed by atoms with van der Waals surface area (Å²) in [4.78, 5) is 35.3. The first-order valence-corrected chi connectivity index (χ1v) is 7.36. The van der Waals surface area contributed by atoms with Crippen molar-refractivity contribution >= 4 is 35.6 Å². The Balaban J connectivity index is 1.94. The fraction of sp³-hybridized carbons (Fsp3) is 0.267. The minimum absolute atomic E-state index is 0.0823. The van der Waals surface area contributed by atoms with Gasteiger partial charge >= 0.3 is 18.2 Å². The summed E-state index contributed by atoms with van der Waals surface area (Å²) in [6.45, 7) is -0.155. The molecule has 3 amide bonds. The molecule has 1 heterocycles. The number of hydrogen-bond acceptors (Lipinski definition) is 4. The van der Waals surface area contributed by atoms with E-state index in [9.17, 15) is 27.6 Å². The van der Waals surface area contributed by atoms with Gasteiger partial charge in [-0.2, -0.15) is 13.2 Å². The first-order valence-electron chi connectivity index (χ1n) is 6.98.